The molecule has 1 fully saturated rings. The predicted octanol–water partition coefficient (Wildman–Crippen LogP) is 3.31. The third kappa shape index (κ3) is 3.39. The highest BCUT2D eigenvalue weighted by atomic mass is 35.5. The molecule has 120 valence electrons. The number of rotatable bonds is 3. The lowest BCUT2D eigenvalue weighted by Crippen LogP contribution is -2.42. The fourth-order valence-electron chi connectivity index (χ4n) is 2.48. The van der Waals surface area contributed by atoms with Gasteiger partial charge in [-0.2, -0.15) is 0 Å². The molecule has 1 aromatic carbocycles. The largest absolute Gasteiger partial charge is 0.477 e. The Kier molecular flexibility index (Phi) is 4.66. The van der Waals surface area contributed by atoms with Crippen LogP contribution in [0.2, 0.25) is 5.02 Å². The van der Waals surface area contributed by atoms with Crippen molar-refractivity contribution in [3.63, 3.8) is 0 Å². The Morgan fingerprint density at radius 2 is 1.96 bits per heavy atom. The molecule has 23 heavy (non-hydrogen) atoms. The first-order valence-electron chi connectivity index (χ1n) is 7.04. The third-order valence-electron chi connectivity index (χ3n) is 3.63. The normalized spacial score (nSPS) is 18.0. The number of ether oxygens (including phenoxy) is 1. The number of aromatic carboxylic acids is 1. The minimum atomic E-state index is -1.02. The van der Waals surface area contributed by atoms with E-state index in [9.17, 15) is 9.59 Å². The van der Waals surface area contributed by atoms with Crippen LogP contribution in [-0.4, -0.2) is 41.6 Å². The summed E-state index contributed by atoms with van der Waals surface area (Å²) in [6, 6.07) is 10.4. The van der Waals surface area contributed by atoms with Crippen molar-refractivity contribution in [3.05, 3.63) is 56.7 Å². The summed E-state index contributed by atoms with van der Waals surface area (Å²) in [4.78, 5) is 25.7. The van der Waals surface area contributed by atoms with Gasteiger partial charge in [0.15, 0.2) is 0 Å². The van der Waals surface area contributed by atoms with E-state index in [1.165, 1.54) is 6.07 Å². The van der Waals surface area contributed by atoms with Gasteiger partial charge >= 0.3 is 5.97 Å². The minimum Gasteiger partial charge on any atom is -0.477 e. The molecule has 1 unspecified atom stereocenters. The molecule has 1 saturated heterocycles. The maximum Gasteiger partial charge on any atom is 0.345 e. The number of amides is 1. The van der Waals surface area contributed by atoms with Gasteiger partial charge in [0.25, 0.3) is 5.91 Å². The fourth-order valence-corrected chi connectivity index (χ4v) is 3.55. The van der Waals surface area contributed by atoms with E-state index in [2.05, 4.69) is 0 Å². The quantitative estimate of drug-likeness (QED) is 0.921. The summed E-state index contributed by atoms with van der Waals surface area (Å²) in [6.45, 7) is 1.28. The number of carboxylic acid groups (broad SMARTS) is 1. The van der Waals surface area contributed by atoms with Crippen LogP contribution in [0.5, 0.6) is 0 Å². The van der Waals surface area contributed by atoms with Gasteiger partial charge in [0, 0.05) is 17.1 Å². The molecule has 0 aliphatic carbocycles. The monoisotopic (exact) mass is 351 g/mol. The molecule has 1 aliphatic rings. The van der Waals surface area contributed by atoms with Crippen LogP contribution in [0.1, 0.15) is 31.0 Å². The van der Waals surface area contributed by atoms with Crippen molar-refractivity contribution in [3.8, 4) is 0 Å². The van der Waals surface area contributed by atoms with E-state index < -0.39 is 5.97 Å². The molecule has 0 saturated carbocycles. The topological polar surface area (TPSA) is 66.8 Å². The summed E-state index contributed by atoms with van der Waals surface area (Å²) >= 11 is 7.18. The van der Waals surface area contributed by atoms with E-state index in [0.717, 1.165) is 16.9 Å². The third-order valence-corrected chi connectivity index (χ3v) is 5.04. The molecular weight excluding hydrogens is 338 g/mol. The number of halogens is 1. The van der Waals surface area contributed by atoms with Crippen LogP contribution in [0.3, 0.4) is 0 Å². The lowest BCUT2D eigenvalue weighted by molar-refractivity contribution is -0.0226. The first kappa shape index (κ1) is 16.0. The number of hydrogen-bond acceptors (Lipinski definition) is 4. The molecule has 0 radical (unpaired) electrons. The van der Waals surface area contributed by atoms with Gasteiger partial charge in [-0.05, 0) is 18.2 Å². The Balaban J connectivity index is 1.76. The summed E-state index contributed by atoms with van der Waals surface area (Å²) in [5, 5.41) is 9.57. The number of carbonyl (C=O) groups excluding carboxylic acids is 1. The Labute approximate surface area is 142 Å². The van der Waals surface area contributed by atoms with Crippen molar-refractivity contribution in [1.82, 2.24) is 4.90 Å². The SMILES string of the molecule is O=C(O)c1ccc(C(=O)N2CCOC(c3ccccc3Cl)C2)s1. The molecule has 1 aromatic heterocycles. The maximum absolute atomic E-state index is 12.6. The van der Waals surface area contributed by atoms with Crippen LogP contribution in [0.25, 0.3) is 0 Å². The standard InChI is InChI=1S/C16H14ClNO4S/c17-11-4-2-1-3-10(11)12-9-18(7-8-22-12)15(19)13-5-6-14(23-13)16(20)21/h1-6,12H,7-9H2,(H,20,21). The second-order valence-corrected chi connectivity index (χ2v) is 6.59. The zero-order valence-corrected chi connectivity index (χ0v) is 13.6. The van der Waals surface area contributed by atoms with Crippen LogP contribution < -0.4 is 0 Å². The van der Waals surface area contributed by atoms with Crippen molar-refractivity contribution in [2.75, 3.05) is 19.7 Å². The molecule has 1 amide bonds. The van der Waals surface area contributed by atoms with Crippen LogP contribution in [0.15, 0.2) is 36.4 Å². The highest BCUT2D eigenvalue weighted by Crippen LogP contribution is 2.29. The number of morpholine rings is 1. The van der Waals surface area contributed by atoms with Gasteiger partial charge in [0.05, 0.1) is 18.0 Å². The van der Waals surface area contributed by atoms with Crippen molar-refractivity contribution in [2.24, 2.45) is 0 Å². The van der Waals surface area contributed by atoms with E-state index in [4.69, 9.17) is 21.4 Å². The molecule has 2 aromatic rings. The molecular formula is C16H14ClNO4S. The van der Waals surface area contributed by atoms with Crippen LogP contribution >= 0.6 is 22.9 Å². The molecule has 3 rings (SSSR count). The van der Waals surface area contributed by atoms with E-state index in [-0.39, 0.29) is 16.9 Å². The minimum absolute atomic E-state index is 0.157. The molecule has 7 heteroatoms. The van der Waals surface area contributed by atoms with E-state index in [1.54, 1.807) is 17.0 Å². The van der Waals surface area contributed by atoms with Gasteiger partial charge in [-0.15, -0.1) is 11.3 Å². The highest BCUT2D eigenvalue weighted by molar-refractivity contribution is 7.15. The average Bonchev–Trinajstić information content (AvgIpc) is 3.05. The molecule has 0 bridgehead atoms. The first-order chi connectivity index (χ1) is 11.1. The number of benzene rings is 1. The number of carboxylic acids is 1. The van der Waals surface area contributed by atoms with Gasteiger partial charge in [-0.3, -0.25) is 4.79 Å². The van der Waals surface area contributed by atoms with Crippen LogP contribution in [0, 0.1) is 0 Å². The van der Waals surface area contributed by atoms with Gasteiger partial charge < -0.3 is 14.7 Å². The maximum atomic E-state index is 12.6. The Hall–Kier alpha value is -1.89. The van der Waals surface area contributed by atoms with Gasteiger partial charge in [-0.1, -0.05) is 29.8 Å². The highest BCUT2D eigenvalue weighted by Gasteiger charge is 2.28. The molecule has 1 N–H and O–H groups in total. The lowest BCUT2D eigenvalue weighted by atomic mass is 10.1. The Morgan fingerprint density at radius 1 is 1.22 bits per heavy atom. The fraction of sp³-hybridized carbons (Fsp3) is 0.250. The van der Waals surface area contributed by atoms with Crippen molar-refractivity contribution < 1.29 is 19.4 Å². The summed E-state index contributed by atoms with van der Waals surface area (Å²) in [7, 11) is 0. The molecule has 2 heterocycles. The number of carbonyl (C=O) groups is 2. The van der Waals surface area contributed by atoms with Gasteiger partial charge in [0.1, 0.15) is 11.0 Å². The number of hydrogen-bond donors (Lipinski definition) is 1. The zero-order chi connectivity index (χ0) is 16.4. The van der Waals surface area contributed by atoms with Crippen molar-refractivity contribution in [2.45, 2.75) is 6.10 Å². The predicted molar refractivity (Wildman–Crippen MR) is 87.3 cm³/mol. The van der Waals surface area contributed by atoms with E-state index >= 15 is 0 Å². The second-order valence-electron chi connectivity index (χ2n) is 5.10. The van der Waals surface area contributed by atoms with Crippen LogP contribution in [-0.2, 0) is 4.74 Å². The molecule has 5 nitrogen and oxygen atoms in total. The summed E-state index contributed by atoms with van der Waals surface area (Å²) in [5.74, 6) is -1.20. The number of nitrogens with zero attached hydrogens (tertiary/aromatic N) is 1. The molecule has 1 aliphatic heterocycles. The summed E-state index contributed by atoms with van der Waals surface area (Å²) in [5.41, 5.74) is 0.851. The number of thiophene rings is 1. The zero-order valence-electron chi connectivity index (χ0n) is 12.1. The summed E-state index contributed by atoms with van der Waals surface area (Å²) < 4.78 is 5.74. The van der Waals surface area contributed by atoms with E-state index in [1.807, 2.05) is 18.2 Å². The summed E-state index contributed by atoms with van der Waals surface area (Å²) in [6.07, 6.45) is -0.277. The lowest BCUT2D eigenvalue weighted by Gasteiger charge is -2.33. The smallest absolute Gasteiger partial charge is 0.345 e. The van der Waals surface area contributed by atoms with Crippen molar-refractivity contribution in [1.29, 1.82) is 0 Å². The molecule has 1 atom stereocenters. The van der Waals surface area contributed by atoms with Gasteiger partial charge in [-0.25, -0.2) is 4.79 Å². The van der Waals surface area contributed by atoms with Crippen LogP contribution in [0.4, 0.5) is 0 Å². The first-order valence-corrected chi connectivity index (χ1v) is 8.24. The average molecular weight is 352 g/mol. The second kappa shape index (κ2) is 6.70. The van der Waals surface area contributed by atoms with Crippen molar-refractivity contribution >= 4 is 34.8 Å². The van der Waals surface area contributed by atoms with E-state index in [0.29, 0.717) is 29.6 Å². The van der Waals surface area contributed by atoms with Gasteiger partial charge in [0.2, 0.25) is 0 Å². The molecule has 0 spiro atoms. The Morgan fingerprint density at radius 3 is 2.65 bits per heavy atom. The Bertz CT molecular complexity index is 745.